The summed E-state index contributed by atoms with van der Waals surface area (Å²) >= 11 is 0. The van der Waals surface area contributed by atoms with E-state index in [0.717, 1.165) is 21.7 Å². The Labute approximate surface area is 211 Å². The van der Waals surface area contributed by atoms with Gasteiger partial charge in [-0.3, -0.25) is 9.59 Å². The zero-order valence-corrected chi connectivity index (χ0v) is 20.7. The Hall–Kier alpha value is -4.20. The molecule has 1 unspecified atom stereocenters. The van der Waals surface area contributed by atoms with Crippen molar-refractivity contribution in [2.45, 2.75) is 0 Å². The van der Waals surface area contributed by atoms with Gasteiger partial charge in [-0.1, -0.05) is 103 Å². The molecule has 3 nitrogen and oxygen atoms in total. The van der Waals surface area contributed by atoms with Crippen molar-refractivity contribution in [1.82, 2.24) is 4.90 Å². The van der Waals surface area contributed by atoms with Crippen molar-refractivity contribution in [3.8, 4) is 0 Å². The third-order valence-corrected chi connectivity index (χ3v) is 11.0. The first-order valence-electron chi connectivity index (χ1n) is 11.9. The zero-order valence-electron chi connectivity index (χ0n) is 19.8. The molecule has 0 aromatic heterocycles. The number of hydrogen-bond donors (Lipinski definition) is 0. The molecular formula is C32H24NO2P. The van der Waals surface area contributed by atoms with Crippen molar-refractivity contribution < 1.29 is 9.59 Å². The van der Waals surface area contributed by atoms with Crippen LogP contribution in [-0.2, 0) is 0 Å². The summed E-state index contributed by atoms with van der Waals surface area (Å²) < 4.78 is 0. The normalized spacial score (nSPS) is 19.1. The molecule has 2 heterocycles. The molecule has 1 atom stereocenters. The van der Waals surface area contributed by atoms with Gasteiger partial charge in [-0.05, 0) is 64.9 Å². The summed E-state index contributed by atoms with van der Waals surface area (Å²) in [6, 6.07) is 38.2. The Bertz CT molecular complexity index is 1580. The Balaban J connectivity index is 1.67. The first-order chi connectivity index (χ1) is 17.6. The number of benzene rings is 4. The monoisotopic (exact) mass is 485 g/mol. The lowest BCUT2D eigenvalue weighted by atomic mass is 10.1. The average Bonchev–Trinajstić information content (AvgIpc) is 3.20. The zero-order chi connectivity index (χ0) is 24.7. The standard InChI is InChI=1S/C32H24NO2P/c1-36(26-17-9-4-10-18-26)29(23-13-5-2-6-14-23)21-25(22-30(36)24-15-7-3-8-16-24)33-31(34)27-19-11-12-20-28(27)32(33)35/h2-22H,1H3. The number of nitrogens with zero attached hydrogens (tertiary/aromatic N) is 1. The first kappa shape index (κ1) is 22.3. The number of carbonyl (C=O) groups excluding carboxylic acids is 2. The minimum Gasteiger partial charge on any atom is -0.268 e. The van der Waals surface area contributed by atoms with Crippen LogP contribution in [0.2, 0.25) is 0 Å². The molecule has 0 aliphatic carbocycles. The van der Waals surface area contributed by atoms with Crippen LogP contribution in [0.3, 0.4) is 0 Å². The van der Waals surface area contributed by atoms with Gasteiger partial charge >= 0.3 is 0 Å². The van der Waals surface area contributed by atoms with Crippen molar-refractivity contribution in [2.24, 2.45) is 0 Å². The van der Waals surface area contributed by atoms with Gasteiger partial charge in [0.15, 0.2) is 0 Å². The summed E-state index contributed by atoms with van der Waals surface area (Å²) in [6.07, 6.45) is 4.12. The number of rotatable bonds is 4. The van der Waals surface area contributed by atoms with Crippen molar-refractivity contribution >= 4 is 34.6 Å². The molecule has 36 heavy (non-hydrogen) atoms. The summed E-state index contributed by atoms with van der Waals surface area (Å²) in [6.45, 7) is 0.214. The highest BCUT2D eigenvalue weighted by Crippen LogP contribution is 2.60. The van der Waals surface area contributed by atoms with E-state index in [1.807, 2.05) is 42.5 Å². The van der Waals surface area contributed by atoms with E-state index in [1.165, 1.54) is 10.2 Å². The minimum absolute atomic E-state index is 0.278. The Kier molecular flexibility index (Phi) is 5.44. The maximum atomic E-state index is 13.5. The highest BCUT2D eigenvalue weighted by atomic mass is 31.2. The number of fused-ring (bicyclic) bond motifs is 1. The molecule has 0 fully saturated rings. The number of carbonyl (C=O) groups is 2. The summed E-state index contributed by atoms with van der Waals surface area (Å²) in [4.78, 5) is 28.3. The Morgan fingerprint density at radius 2 is 1.03 bits per heavy atom. The maximum absolute atomic E-state index is 13.5. The second-order valence-corrected chi connectivity index (χ2v) is 12.5. The quantitative estimate of drug-likeness (QED) is 0.247. The average molecular weight is 486 g/mol. The minimum atomic E-state index is -2.12. The largest absolute Gasteiger partial charge is 0.268 e. The van der Waals surface area contributed by atoms with E-state index < -0.39 is 6.89 Å². The van der Waals surface area contributed by atoms with Gasteiger partial charge in [-0.15, -0.1) is 0 Å². The van der Waals surface area contributed by atoms with Crippen molar-refractivity contribution in [3.63, 3.8) is 0 Å². The highest BCUT2D eigenvalue weighted by Gasteiger charge is 2.39. The lowest BCUT2D eigenvalue weighted by Gasteiger charge is -2.34. The topological polar surface area (TPSA) is 37.4 Å². The lowest BCUT2D eigenvalue weighted by molar-refractivity contribution is 0.0710. The van der Waals surface area contributed by atoms with Crippen molar-refractivity contribution in [3.05, 3.63) is 155 Å². The van der Waals surface area contributed by atoms with Crippen LogP contribution in [0.25, 0.3) is 5.31 Å². The van der Waals surface area contributed by atoms with Crippen LogP contribution < -0.4 is 5.30 Å². The van der Waals surface area contributed by atoms with E-state index in [2.05, 4.69) is 67.3 Å². The summed E-state index contributed by atoms with van der Waals surface area (Å²) in [5.74, 6) is -0.556. The van der Waals surface area contributed by atoms with Crippen LogP contribution in [0.1, 0.15) is 31.8 Å². The molecule has 0 radical (unpaired) electrons. The predicted molar refractivity (Wildman–Crippen MR) is 149 cm³/mol. The molecule has 6 rings (SSSR count). The lowest BCUT2D eigenvalue weighted by Crippen LogP contribution is -2.30. The third-order valence-electron chi connectivity index (χ3n) is 7.00. The second-order valence-electron chi connectivity index (χ2n) is 9.05. The van der Waals surface area contributed by atoms with E-state index in [1.54, 1.807) is 24.3 Å². The fraction of sp³-hybridized carbons (Fsp3) is 0.0312. The van der Waals surface area contributed by atoms with E-state index in [9.17, 15) is 9.59 Å². The van der Waals surface area contributed by atoms with Gasteiger partial charge in [0.05, 0.1) is 16.8 Å². The molecule has 0 N–H and O–H groups in total. The van der Waals surface area contributed by atoms with Gasteiger partial charge in [-0.2, -0.15) is 0 Å². The molecule has 2 aliphatic heterocycles. The van der Waals surface area contributed by atoms with E-state index in [-0.39, 0.29) is 11.8 Å². The molecule has 0 spiro atoms. The van der Waals surface area contributed by atoms with E-state index >= 15 is 0 Å². The van der Waals surface area contributed by atoms with Crippen LogP contribution in [0.5, 0.6) is 0 Å². The van der Waals surface area contributed by atoms with E-state index in [4.69, 9.17) is 0 Å². The molecule has 2 amide bonds. The van der Waals surface area contributed by atoms with Crippen LogP contribution in [0.4, 0.5) is 0 Å². The van der Waals surface area contributed by atoms with Gasteiger partial charge in [0.2, 0.25) is 0 Å². The first-order valence-corrected chi connectivity index (χ1v) is 14.1. The Morgan fingerprint density at radius 1 is 0.556 bits per heavy atom. The molecule has 0 saturated heterocycles. The molecular weight excluding hydrogens is 461 g/mol. The van der Waals surface area contributed by atoms with Crippen molar-refractivity contribution in [1.29, 1.82) is 0 Å². The van der Waals surface area contributed by atoms with Crippen LogP contribution in [-0.4, -0.2) is 28.7 Å². The van der Waals surface area contributed by atoms with Crippen LogP contribution in [0, 0.1) is 0 Å². The van der Waals surface area contributed by atoms with Gasteiger partial charge < -0.3 is 0 Å². The SMILES string of the molecule is CP1(c2ccccc2)=C(c2ccccc2)C=C(N2C(=O)c3ccccc3C2=O)C=C1c1ccccc1. The Morgan fingerprint density at radius 3 is 1.58 bits per heavy atom. The smallest absolute Gasteiger partial charge is 0.266 e. The summed E-state index contributed by atoms with van der Waals surface area (Å²) in [5, 5.41) is 3.53. The van der Waals surface area contributed by atoms with Gasteiger partial charge in [0.25, 0.3) is 11.8 Å². The fourth-order valence-electron chi connectivity index (χ4n) is 5.17. The fourth-order valence-corrected chi connectivity index (χ4v) is 8.86. The highest BCUT2D eigenvalue weighted by molar-refractivity contribution is 7.91. The van der Waals surface area contributed by atoms with Gasteiger partial charge in [0.1, 0.15) is 0 Å². The number of amides is 2. The van der Waals surface area contributed by atoms with Gasteiger partial charge in [-0.25, -0.2) is 4.90 Å². The molecule has 2 aliphatic rings. The van der Waals surface area contributed by atoms with Crippen LogP contribution in [0.15, 0.2) is 133 Å². The number of imide groups is 1. The van der Waals surface area contributed by atoms with Crippen molar-refractivity contribution in [2.75, 3.05) is 6.66 Å². The molecule has 174 valence electrons. The van der Waals surface area contributed by atoms with Crippen LogP contribution >= 0.6 is 6.89 Å². The third kappa shape index (κ3) is 3.44. The second kappa shape index (κ2) is 8.78. The number of hydrogen-bond acceptors (Lipinski definition) is 2. The molecule has 4 aromatic carbocycles. The summed E-state index contributed by atoms with van der Waals surface area (Å²) in [7, 11) is 0. The molecule has 4 heteroatoms. The van der Waals surface area contributed by atoms with Gasteiger partial charge in [0, 0.05) is 0 Å². The molecule has 0 saturated carbocycles. The molecule has 4 aromatic rings. The maximum Gasteiger partial charge on any atom is 0.266 e. The predicted octanol–water partition coefficient (Wildman–Crippen LogP) is 6.41. The molecule has 0 bridgehead atoms. The summed E-state index contributed by atoms with van der Waals surface area (Å²) in [5.41, 5.74) is 3.68. The number of allylic oxidation sites excluding steroid dienone is 2. The van der Waals surface area contributed by atoms with E-state index in [0.29, 0.717) is 16.8 Å².